The first-order valence-electron chi connectivity index (χ1n) is 6.92. The molecule has 20 heavy (non-hydrogen) atoms. The molecular weight excluding hydrogens is 248 g/mol. The Morgan fingerprint density at radius 3 is 2.80 bits per heavy atom. The second kappa shape index (κ2) is 5.74. The lowest BCUT2D eigenvalue weighted by molar-refractivity contribution is 0.849. The van der Waals surface area contributed by atoms with Gasteiger partial charge in [-0.1, -0.05) is 36.4 Å². The smallest absolute Gasteiger partial charge is 0.243 e. The predicted octanol–water partition coefficient (Wildman–Crippen LogP) is 3.08. The lowest BCUT2D eigenvalue weighted by Crippen LogP contribution is -2.04. The van der Waals surface area contributed by atoms with Crippen molar-refractivity contribution < 1.29 is 0 Å². The third-order valence-electron chi connectivity index (χ3n) is 3.25. The predicted molar refractivity (Wildman–Crippen MR) is 81.0 cm³/mol. The quantitative estimate of drug-likeness (QED) is 0.722. The topological polar surface area (TPSA) is 42.2 Å². The molecule has 0 aliphatic rings. The summed E-state index contributed by atoms with van der Waals surface area (Å²) < 4.78 is 1.81. The van der Waals surface area contributed by atoms with E-state index in [9.17, 15) is 0 Å². The number of pyridine rings is 1. The van der Waals surface area contributed by atoms with Crippen LogP contribution in [-0.4, -0.2) is 21.1 Å². The third kappa shape index (κ3) is 2.96. The fourth-order valence-electron chi connectivity index (χ4n) is 2.20. The van der Waals surface area contributed by atoms with Crippen LogP contribution in [0, 0.1) is 6.92 Å². The molecule has 0 aliphatic heterocycles. The van der Waals surface area contributed by atoms with Crippen LogP contribution in [0.3, 0.4) is 0 Å². The summed E-state index contributed by atoms with van der Waals surface area (Å²) in [6.45, 7) is 2.93. The van der Waals surface area contributed by atoms with Crippen molar-refractivity contribution in [3.8, 4) is 0 Å². The van der Waals surface area contributed by atoms with Gasteiger partial charge in [0.2, 0.25) is 5.95 Å². The van der Waals surface area contributed by atoms with E-state index in [1.165, 1.54) is 11.1 Å². The maximum absolute atomic E-state index is 4.44. The Labute approximate surface area is 118 Å². The summed E-state index contributed by atoms with van der Waals surface area (Å²) in [4.78, 5) is 4.44. The molecule has 0 saturated heterocycles. The van der Waals surface area contributed by atoms with Crippen LogP contribution in [0.2, 0.25) is 0 Å². The normalized spacial score (nSPS) is 10.8. The highest BCUT2D eigenvalue weighted by molar-refractivity contribution is 5.44. The van der Waals surface area contributed by atoms with Crippen LogP contribution in [0.25, 0.3) is 5.65 Å². The van der Waals surface area contributed by atoms with E-state index in [1.807, 2.05) is 35.8 Å². The Bertz CT molecular complexity index is 688. The molecule has 0 unspecified atom stereocenters. The van der Waals surface area contributed by atoms with Crippen molar-refractivity contribution in [3.05, 3.63) is 59.8 Å². The molecule has 0 bridgehead atoms. The Balaban J connectivity index is 1.55. The molecule has 4 heteroatoms. The third-order valence-corrected chi connectivity index (χ3v) is 3.25. The van der Waals surface area contributed by atoms with Gasteiger partial charge < -0.3 is 5.32 Å². The van der Waals surface area contributed by atoms with Gasteiger partial charge in [0.25, 0.3) is 0 Å². The van der Waals surface area contributed by atoms with E-state index in [0.29, 0.717) is 5.95 Å². The molecular formula is C16H18N4. The van der Waals surface area contributed by atoms with E-state index in [2.05, 4.69) is 39.7 Å². The van der Waals surface area contributed by atoms with Crippen LogP contribution in [0.15, 0.2) is 48.7 Å². The Kier molecular flexibility index (Phi) is 3.63. The second-order valence-corrected chi connectivity index (χ2v) is 4.96. The summed E-state index contributed by atoms with van der Waals surface area (Å²) in [5.74, 6) is 0.698. The van der Waals surface area contributed by atoms with Crippen molar-refractivity contribution >= 4 is 11.6 Å². The molecule has 0 aliphatic carbocycles. The summed E-state index contributed by atoms with van der Waals surface area (Å²) >= 11 is 0. The highest BCUT2D eigenvalue weighted by Gasteiger charge is 2.02. The zero-order valence-electron chi connectivity index (χ0n) is 11.6. The van der Waals surface area contributed by atoms with Gasteiger partial charge in [-0.3, -0.25) is 0 Å². The molecule has 3 aromatic rings. The number of nitrogens with zero attached hydrogens (tertiary/aromatic N) is 3. The lowest BCUT2D eigenvalue weighted by Gasteiger charge is -2.02. The first kappa shape index (κ1) is 12.7. The SMILES string of the molecule is Cc1ccc2nc(NCCCc3ccccc3)nn2c1. The van der Waals surface area contributed by atoms with Crippen molar-refractivity contribution in [1.82, 2.24) is 14.6 Å². The molecule has 0 atom stereocenters. The van der Waals surface area contributed by atoms with Gasteiger partial charge in [0.15, 0.2) is 5.65 Å². The van der Waals surface area contributed by atoms with E-state index >= 15 is 0 Å². The van der Waals surface area contributed by atoms with Gasteiger partial charge in [-0.15, -0.1) is 5.10 Å². The van der Waals surface area contributed by atoms with E-state index in [-0.39, 0.29) is 0 Å². The number of benzene rings is 1. The van der Waals surface area contributed by atoms with Gasteiger partial charge >= 0.3 is 0 Å². The molecule has 0 saturated carbocycles. The van der Waals surface area contributed by atoms with Gasteiger partial charge in [-0.25, -0.2) is 4.52 Å². The van der Waals surface area contributed by atoms with Crippen LogP contribution < -0.4 is 5.32 Å². The fraction of sp³-hybridized carbons (Fsp3) is 0.250. The van der Waals surface area contributed by atoms with Crippen LogP contribution in [0.4, 0.5) is 5.95 Å². The number of aryl methyl sites for hydroxylation is 2. The van der Waals surface area contributed by atoms with Crippen LogP contribution in [-0.2, 0) is 6.42 Å². The minimum atomic E-state index is 0.698. The molecule has 0 radical (unpaired) electrons. The Morgan fingerprint density at radius 2 is 1.95 bits per heavy atom. The number of aromatic nitrogens is 3. The van der Waals surface area contributed by atoms with Gasteiger partial charge in [0.1, 0.15) is 0 Å². The van der Waals surface area contributed by atoms with E-state index < -0.39 is 0 Å². The van der Waals surface area contributed by atoms with E-state index in [1.54, 1.807) is 0 Å². The maximum atomic E-state index is 4.44. The lowest BCUT2D eigenvalue weighted by atomic mass is 10.1. The molecule has 2 aromatic heterocycles. The van der Waals surface area contributed by atoms with Crippen molar-refractivity contribution in [2.45, 2.75) is 19.8 Å². The summed E-state index contributed by atoms with van der Waals surface area (Å²) in [6.07, 6.45) is 4.12. The molecule has 0 spiro atoms. The van der Waals surface area contributed by atoms with Crippen molar-refractivity contribution in [2.75, 3.05) is 11.9 Å². The van der Waals surface area contributed by atoms with Gasteiger partial charge in [0.05, 0.1) is 0 Å². The first-order valence-corrected chi connectivity index (χ1v) is 6.92. The molecule has 4 nitrogen and oxygen atoms in total. The number of hydrogen-bond acceptors (Lipinski definition) is 3. The minimum absolute atomic E-state index is 0.698. The summed E-state index contributed by atoms with van der Waals surface area (Å²) in [5, 5.41) is 7.69. The number of nitrogens with one attached hydrogen (secondary N) is 1. The van der Waals surface area contributed by atoms with Gasteiger partial charge in [-0.05, 0) is 37.0 Å². The fourth-order valence-corrected chi connectivity index (χ4v) is 2.20. The van der Waals surface area contributed by atoms with Crippen LogP contribution >= 0.6 is 0 Å². The average Bonchev–Trinajstić information content (AvgIpc) is 2.86. The van der Waals surface area contributed by atoms with Crippen molar-refractivity contribution in [1.29, 1.82) is 0 Å². The zero-order chi connectivity index (χ0) is 13.8. The van der Waals surface area contributed by atoms with Gasteiger partial charge in [0, 0.05) is 12.7 Å². The minimum Gasteiger partial charge on any atom is -0.353 e. The van der Waals surface area contributed by atoms with E-state index in [4.69, 9.17) is 0 Å². The Morgan fingerprint density at radius 1 is 1.10 bits per heavy atom. The Hall–Kier alpha value is -2.36. The molecule has 2 heterocycles. The maximum Gasteiger partial charge on any atom is 0.243 e. The highest BCUT2D eigenvalue weighted by Crippen LogP contribution is 2.08. The van der Waals surface area contributed by atoms with Gasteiger partial charge in [-0.2, -0.15) is 4.98 Å². The van der Waals surface area contributed by atoms with Crippen LogP contribution in [0.1, 0.15) is 17.5 Å². The number of fused-ring (bicyclic) bond motifs is 1. The second-order valence-electron chi connectivity index (χ2n) is 4.96. The number of anilines is 1. The molecule has 1 aromatic carbocycles. The van der Waals surface area contributed by atoms with E-state index in [0.717, 1.165) is 25.0 Å². The van der Waals surface area contributed by atoms with Crippen LogP contribution in [0.5, 0.6) is 0 Å². The average molecular weight is 266 g/mol. The number of rotatable bonds is 5. The molecule has 1 N–H and O–H groups in total. The molecule has 0 fully saturated rings. The molecule has 3 rings (SSSR count). The standard InChI is InChI=1S/C16H18N4/c1-13-9-10-15-18-16(19-20(15)12-13)17-11-5-8-14-6-3-2-4-7-14/h2-4,6-7,9-10,12H,5,8,11H2,1H3,(H,17,19). The summed E-state index contributed by atoms with van der Waals surface area (Å²) in [7, 11) is 0. The zero-order valence-corrected chi connectivity index (χ0v) is 11.6. The first-order chi connectivity index (χ1) is 9.81. The highest BCUT2D eigenvalue weighted by atomic mass is 15.3. The van der Waals surface area contributed by atoms with Crippen molar-refractivity contribution in [3.63, 3.8) is 0 Å². The number of hydrogen-bond donors (Lipinski definition) is 1. The monoisotopic (exact) mass is 266 g/mol. The largest absolute Gasteiger partial charge is 0.353 e. The molecule has 102 valence electrons. The summed E-state index contributed by atoms with van der Waals surface area (Å²) in [5.41, 5.74) is 3.42. The summed E-state index contributed by atoms with van der Waals surface area (Å²) in [6, 6.07) is 14.5. The molecule has 0 amide bonds. The van der Waals surface area contributed by atoms with Crippen molar-refractivity contribution in [2.24, 2.45) is 0 Å².